The zero-order chi connectivity index (χ0) is 45.3. The van der Waals surface area contributed by atoms with Crippen molar-refractivity contribution in [2.45, 2.75) is 136 Å². The van der Waals surface area contributed by atoms with Crippen molar-refractivity contribution in [3.8, 4) is 76.5 Å². The van der Waals surface area contributed by atoms with Crippen LogP contribution in [0.4, 0.5) is 0 Å². The van der Waals surface area contributed by atoms with Crippen molar-refractivity contribution in [3.05, 3.63) is 131 Å². The van der Waals surface area contributed by atoms with Gasteiger partial charge in [0.25, 0.3) is 11.8 Å². The number of aromatic nitrogens is 4. The third kappa shape index (κ3) is 9.22. The van der Waals surface area contributed by atoms with Crippen molar-refractivity contribution in [1.29, 1.82) is 0 Å². The van der Waals surface area contributed by atoms with Crippen LogP contribution in [0.15, 0.2) is 118 Å². The van der Waals surface area contributed by atoms with Crippen LogP contribution in [0, 0.1) is 0 Å². The average Bonchev–Trinajstić information content (AvgIpc) is 4.16. The Morgan fingerprint density at radius 3 is 1.17 bits per heavy atom. The first-order valence-corrected chi connectivity index (χ1v) is 25.4. The third-order valence-corrected chi connectivity index (χ3v) is 15.6. The highest BCUT2D eigenvalue weighted by atomic mass is 32.1. The van der Waals surface area contributed by atoms with Gasteiger partial charge in [-0.3, -0.25) is 0 Å². The SMILES string of the molecule is CCCCCCC1(CCCCCC)c2cc(-c3ccc(-c4nnc(-c5ccc(C(C)(C)C)cc5)o4)s3)ccc2-c2ccc(-c3ccc(-c4nnc(-c5ccc(C(C)(C)C)cc5)o4)s3)cc21. The Bertz CT molecular complexity index is 2680. The lowest BCUT2D eigenvalue weighted by Crippen LogP contribution is -2.25. The first-order chi connectivity index (χ1) is 31.3. The van der Waals surface area contributed by atoms with Gasteiger partial charge in [-0.15, -0.1) is 43.1 Å². The van der Waals surface area contributed by atoms with E-state index in [4.69, 9.17) is 8.83 Å². The number of unbranched alkanes of at least 4 members (excludes halogenated alkanes) is 6. The van der Waals surface area contributed by atoms with Crippen molar-refractivity contribution in [3.63, 3.8) is 0 Å². The standard InChI is InChI=1S/C57H62N4O2S2/c1-9-11-13-15-33-57(34-16-14-12-10-2)45-35-39(47-29-31-49(64-47)53-60-58-51(62-53)37-17-23-41(24-18-37)55(3,4)5)21-27-43(45)44-28-22-40(36-46(44)57)48-30-32-50(65-48)54-61-59-52(63-54)38-19-25-42(26-20-38)56(6,7)8/h17-32,35-36H,9-16,33-34H2,1-8H3. The minimum absolute atomic E-state index is 0.0772. The van der Waals surface area contributed by atoms with E-state index < -0.39 is 0 Å². The maximum Gasteiger partial charge on any atom is 0.258 e. The summed E-state index contributed by atoms with van der Waals surface area (Å²) in [5.74, 6) is 2.20. The lowest BCUT2D eigenvalue weighted by Gasteiger charge is -2.33. The molecule has 0 fully saturated rings. The smallest absolute Gasteiger partial charge is 0.258 e. The van der Waals surface area contributed by atoms with Gasteiger partial charge in [-0.2, -0.15) is 0 Å². The molecule has 6 nitrogen and oxygen atoms in total. The molecule has 1 aliphatic carbocycles. The molecule has 0 atom stereocenters. The second-order valence-corrected chi connectivity index (χ2v) is 22.2. The second kappa shape index (κ2) is 18.4. The molecule has 0 amide bonds. The molecule has 8 aromatic rings. The van der Waals surface area contributed by atoms with Gasteiger partial charge in [-0.05, 0) is 129 Å². The summed E-state index contributed by atoms with van der Waals surface area (Å²) in [6.07, 6.45) is 12.2. The molecule has 9 rings (SSSR count). The molecule has 4 heterocycles. The molecule has 0 spiro atoms. The number of hydrogen-bond acceptors (Lipinski definition) is 8. The van der Waals surface area contributed by atoms with Crippen LogP contribution < -0.4 is 0 Å². The van der Waals surface area contributed by atoms with E-state index in [1.54, 1.807) is 22.7 Å². The fourth-order valence-corrected chi connectivity index (χ4v) is 11.3. The zero-order valence-corrected chi connectivity index (χ0v) is 41.0. The summed E-state index contributed by atoms with van der Waals surface area (Å²) in [4.78, 5) is 4.37. The Morgan fingerprint density at radius 2 is 0.785 bits per heavy atom. The fraction of sp³-hybridized carbons (Fsp3) is 0.368. The van der Waals surface area contributed by atoms with Gasteiger partial charge in [-0.1, -0.05) is 155 Å². The molecule has 4 aromatic heterocycles. The van der Waals surface area contributed by atoms with Crippen LogP contribution in [0.25, 0.3) is 76.5 Å². The van der Waals surface area contributed by atoms with E-state index in [0.29, 0.717) is 23.6 Å². The summed E-state index contributed by atoms with van der Waals surface area (Å²) in [5, 5.41) is 17.9. The monoisotopic (exact) mass is 898 g/mol. The normalized spacial score (nSPS) is 13.4. The molecule has 0 saturated carbocycles. The van der Waals surface area contributed by atoms with Crippen LogP contribution in [0.2, 0.25) is 0 Å². The van der Waals surface area contributed by atoms with Crippen LogP contribution in [0.1, 0.15) is 142 Å². The van der Waals surface area contributed by atoms with E-state index >= 15 is 0 Å². The third-order valence-electron chi connectivity index (χ3n) is 13.3. The molecule has 1 aliphatic rings. The topological polar surface area (TPSA) is 77.8 Å². The molecule has 0 bridgehead atoms. The van der Waals surface area contributed by atoms with E-state index in [1.807, 2.05) is 0 Å². The summed E-state index contributed by atoms with van der Waals surface area (Å²) >= 11 is 3.44. The maximum absolute atomic E-state index is 6.29. The van der Waals surface area contributed by atoms with Crippen LogP contribution in [-0.2, 0) is 16.2 Å². The zero-order valence-electron chi connectivity index (χ0n) is 39.4. The molecule has 4 aromatic carbocycles. The Morgan fingerprint density at radius 1 is 0.415 bits per heavy atom. The molecular weight excluding hydrogens is 837 g/mol. The van der Waals surface area contributed by atoms with Gasteiger partial charge >= 0.3 is 0 Å². The molecule has 0 aliphatic heterocycles. The fourth-order valence-electron chi connectivity index (χ4n) is 9.49. The lowest BCUT2D eigenvalue weighted by atomic mass is 9.70. The van der Waals surface area contributed by atoms with Gasteiger partial charge in [-0.25, -0.2) is 0 Å². The Balaban J connectivity index is 1.03. The van der Waals surface area contributed by atoms with E-state index in [2.05, 4.69) is 185 Å². The number of hydrogen-bond donors (Lipinski definition) is 0. The van der Waals surface area contributed by atoms with Gasteiger partial charge < -0.3 is 8.83 Å². The van der Waals surface area contributed by atoms with Crippen LogP contribution in [-0.4, -0.2) is 20.4 Å². The van der Waals surface area contributed by atoms with Crippen molar-refractivity contribution < 1.29 is 8.83 Å². The molecule has 0 saturated heterocycles. The van der Waals surface area contributed by atoms with E-state index in [-0.39, 0.29) is 16.2 Å². The highest BCUT2D eigenvalue weighted by Crippen LogP contribution is 2.56. The quantitative estimate of drug-likeness (QED) is 0.0899. The van der Waals surface area contributed by atoms with E-state index in [0.717, 1.165) is 33.7 Å². The van der Waals surface area contributed by atoms with E-state index in [1.165, 1.54) is 106 Å². The summed E-state index contributed by atoms with van der Waals surface area (Å²) in [5.41, 5.74) is 12.7. The number of fused-ring (bicyclic) bond motifs is 3. The highest BCUT2D eigenvalue weighted by Gasteiger charge is 2.43. The number of thiophene rings is 2. The Hall–Kier alpha value is -5.44. The van der Waals surface area contributed by atoms with Gasteiger partial charge in [0.05, 0.1) is 9.75 Å². The predicted molar refractivity (Wildman–Crippen MR) is 272 cm³/mol. The highest BCUT2D eigenvalue weighted by molar-refractivity contribution is 7.19. The first kappa shape index (κ1) is 44.7. The molecule has 0 N–H and O–H groups in total. The summed E-state index contributed by atoms with van der Waals surface area (Å²) in [6, 6.07) is 40.1. The second-order valence-electron chi connectivity index (χ2n) is 20.0. The van der Waals surface area contributed by atoms with Crippen molar-refractivity contribution in [2.24, 2.45) is 0 Å². The summed E-state index contributed by atoms with van der Waals surface area (Å²) in [6.45, 7) is 18.0. The molecule has 8 heteroatoms. The van der Waals surface area contributed by atoms with Crippen LogP contribution >= 0.6 is 22.7 Å². The van der Waals surface area contributed by atoms with Gasteiger partial charge in [0, 0.05) is 26.3 Å². The molecular formula is C57H62N4O2S2. The van der Waals surface area contributed by atoms with Gasteiger partial charge in [0.2, 0.25) is 11.8 Å². The Kier molecular flexibility index (Phi) is 12.7. The van der Waals surface area contributed by atoms with E-state index in [9.17, 15) is 0 Å². The van der Waals surface area contributed by atoms with Crippen molar-refractivity contribution in [1.82, 2.24) is 20.4 Å². The van der Waals surface area contributed by atoms with Crippen molar-refractivity contribution in [2.75, 3.05) is 0 Å². The number of benzene rings is 4. The summed E-state index contributed by atoms with van der Waals surface area (Å²) < 4.78 is 12.6. The Labute approximate surface area is 393 Å². The lowest BCUT2D eigenvalue weighted by molar-refractivity contribution is 0.401. The summed E-state index contributed by atoms with van der Waals surface area (Å²) in [7, 11) is 0. The van der Waals surface area contributed by atoms with Gasteiger partial charge in [0.15, 0.2) is 0 Å². The molecule has 0 radical (unpaired) electrons. The molecule has 334 valence electrons. The van der Waals surface area contributed by atoms with Crippen molar-refractivity contribution >= 4 is 22.7 Å². The minimum Gasteiger partial charge on any atom is -0.415 e. The molecule has 0 unspecified atom stereocenters. The first-order valence-electron chi connectivity index (χ1n) is 23.7. The number of rotatable bonds is 16. The molecule has 65 heavy (non-hydrogen) atoms. The van der Waals surface area contributed by atoms with Crippen LogP contribution in [0.3, 0.4) is 0 Å². The minimum atomic E-state index is -0.0772. The average molecular weight is 899 g/mol. The van der Waals surface area contributed by atoms with Gasteiger partial charge in [0.1, 0.15) is 0 Å². The largest absolute Gasteiger partial charge is 0.415 e. The predicted octanol–water partition coefficient (Wildman–Crippen LogP) is 17.4. The maximum atomic E-state index is 6.29. The van der Waals surface area contributed by atoms with Crippen LogP contribution in [0.5, 0.6) is 0 Å². The number of nitrogens with zero attached hydrogens (tertiary/aromatic N) is 4.